The minimum atomic E-state index is -0.140. The molecule has 0 saturated heterocycles. The summed E-state index contributed by atoms with van der Waals surface area (Å²) >= 11 is 0. The standard InChI is InChI=1S/C11H15N5O/c1-3-12-8(10-14-5-6-15-10)9-11(17-2)16-7-4-13-9/h4-8,12H,3H2,1-2H3,(H,14,15). The Morgan fingerprint density at radius 1 is 1.29 bits per heavy atom. The third kappa shape index (κ3) is 2.42. The van der Waals surface area contributed by atoms with Crippen molar-refractivity contribution in [3.63, 3.8) is 0 Å². The van der Waals surface area contributed by atoms with Gasteiger partial charge < -0.3 is 15.0 Å². The van der Waals surface area contributed by atoms with Crippen molar-refractivity contribution in [3.05, 3.63) is 36.3 Å². The van der Waals surface area contributed by atoms with Gasteiger partial charge in [0.05, 0.1) is 7.11 Å². The van der Waals surface area contributed by atoms with Gasteiger partial charge in [0.2, 0.25) is 5.88 Å². The van der Waals surface area contributed by atoms with Gasteiger partial charge in [-0.2, -0.15) is 0 Å². The normalized spacial score (nSPS) is 12.4. The predicted molar refractivity (Wildman–Crippen MR) is 62.7 cm³/mol. The quantitative estimate of drug-likeness (QED) is 0.802. The van der Waals surface area contributed by atoms with Crippen LogP contribution in [0.3, 0.4) is 0 Å². The van der Waals surface area contributed by atoms with Crippen LogP contribution in [0.25, 0.3) is 0 Å². The second-order valence-corrected chi connectivity index (χ2v) is 3.42. The number of H-pyrrole nitrogens is 1. The summed E-state index contributed by atoms with van der Waals surface area (Å²) in [6.07, 6.45) is 6.74. The molecule has 2 aromatic heterocycles. The minimum Gasteiger partial charge on any atom is -0.480 e. The molecule has 0 aliphatic carbocycles. The molecule has 0 aliphatic heterocycles. The van der Waals surface area contributed by atoms with Crippen LogP contribution < -0.4 is 10.1 Å². The van der Waals surface area contributed by atoms with E-state index >= 15 is 0 Å². The highest BCUT2D eigenvalue weighted by atomic mass is 16.5. The maximum absolute atomic E-state index is 5.22. The molecule has 0 saturated carbocycles. The van der Waals surface area contributed by atoms with E-state index in [9.17, 15) is 0 Å². The fourth-order valence-corrected chi connectivity index (χ4v) is 1.65. The van der Waals surface area contributed by atoms with Gasteiger partial charge in [-0.15, -0.1) is 0 Å². The average molecular weight is 233 g/mol. The molecule has 6 nitrogen and oxygen atoms in total. The van der Waals surface area contributed by atoms with E-state index in [0.29, 0.717) is 5.88 Å². The highest BCUT2D eigenvalue weighted by Crippen LogP contribution is 2.23. The Labute approximate surface area is 99.5 Å². The van der Waals surface area contributed by atoms with Crippen molar-refractivity contribution in [2.45, 2.75) is 13.0 Å². The summed E-state index contributed by atoms with van der Waals surface area (Å²) < 4.78 is 5.22. The van der Waals surface area contributed by atoms with Crippen molar-refractivity contribution in [2.24, 2.45) is 0 Å². The molecular formula is C11H15N5O. The summed E-state index contributed by atoms with van der Waals surface area (Å²) in [7, 11) is 1.58. The van der Waals surface area contributed by atoms with E-state index in [1.807, 2.05) is 6.92 Å². The first kappa shape index (κ1) is 11.5. The highest BCUT2D eigenvalue weighted by molar-refractivity contribution is 5.26. The molecule has 90 valence electrons. The van der Waals surface area contributed by atoms with Gasteiger partial charge in [0, 0.05) is 24.8 Å². The maximum Gasteiger partial charge on any atom is 0.237 e. The molecule has 0 aliphatic rings. The lowest BCUT2D eigenvalue weighted by Crippen LogP contribution is -2.24. The SMILES string of the molecule is CCNC(c1ncc[nH]1)c1nccnc1OC. The van der Waals surface area contributed by atoms with E-state index in [1.165, 1.54) is 0 Å². The van der Waals surface area contributed by atoms with Crippen molar-refractivity contribution in [2.75, 3.05) is 13.7 Å². The lowest BCUT2D eigenvalue weighted by Gasteiger charge is -2.16. The first-order chi connectivity index (χ1) is 8.36. The Kier molecular flexibility index (Phi) is 3.66. The zero-order valence-electron chi connectivity index (χ0n) is 9.84. The van der Waals surface area contributed by atoms with Gasteiger partial charge in [0.25, 0.3) is 0 Å². The van der Waals surface area contributed by atoms with Gasteiger partial charge >= 0.3 is 0 Å². The van der Waals surface area contributed by atoms with E-state index in [-0.39, 0.29) is 6.04 Å². The van der Waals surface area contributed by atoms with E-state index < -0.39 is 0 Å². The number of imidazole rings is 1. The number of aromatic amines is 1. The smallest absolute Gasteiger partial charge is 0.237 e. The van der Waals surface area contributed by atoms with Crippen LogP contribution in [0, 0.1) is 0 Å². The Bertz CT molecular complexity index is 457. The van der Waals surface area contributed by atoms with Gasteiger partial charge in [-0.1, -0.05) is 6.92 Å². The summed E-state index contributed by atoms with van der Waals surface area (Å²) in [6, 6.07) is -0.140. The van der Waals surface area contributed by atoms with Crippen LogP contribution in [-0.4, -0.2) is 33.6 Å². The molecule has 2 heterocycles. The molecule has 0 radical (unpaired) electrons. The minimum absolute atomic E-state index is 0.140. The molecule has 0 spiro atoms. The summed E-state index contributed by atoms with van der Waals surface area (Å²) in [4.78, 5) is 15.8. The molecule has 0 aromatic carbocycles. The Morgan fingerprint density at radius 3 is 2.76 bits per heavy atom. The summed E-state index contributed by atoms with van der Waals surface area (Å²) in [5.74, 6) is 1.31. The third-order valence-corrected chi connectivity index (χ3v) is 2.36. The van der Waals surface area contributed by atoms with Gasteiger partial charge in [-0.05, 0) is 6.54 Å². The fourth-order valence-electron chi connectivity index (χ4n) is 1.65. The largest absolute Gasteiger partial charge is 0.480 e. The zero-order valence-corrected chi connectivity index (χ0v) is 9.84. The van der Waals surface area contributed by atoms with Crippen LogP contribution in [-0.2, 0) is 0 Å². The first-order valence-corrected chi connectivity index (χ1v) is 5.44. The van der Waals surface area contributed by atoms with Crippen LogP contribution >= 0.6 is 0 Å². The maximum atomic E-state index is 5.22. The van der Waals surface area contributed by atoms with Crippen LogP contribution in [0.5, 0.6) is 5.88 Å². The van der Waals surface area contributed by atoms with Crippen molar-refractivity contribution in [1.82, 2.24) is 25.3 Å². The van der Waals surface area contributed by atoms with Crippen LogP contribution in [0.2, 0.25) is 0 Å². The molecule has 6 heteroatoms. The van der Waals surface area contributed by atoms with Crippen molar-refractivity contribution < 1.29 is 4.74 Å². The molecule has 2 rings (SSSR count). The van der Waals surface area contributed by atoms with Gasteiger partial charge in [-0.25, -0.2) is 9.97 Å². The van der Waals surface area contributed by atoms with Gasteiger partial charge in [-0.3, -0.25) is 4.98 Å². The molecule has 2 aromatic rings. The van der Waals surface area contributed by atoms with E-state index in [4.69, 9.17) is 4.74 Å². The third-order valence-electron chi connectivity index (χ3n) is 2.36. The van der Waals surface area contributed by atoms with Crippen LogP contribution in [0.4, 0.5) is 0 Å². The molecule has 2 N–H and O–H groups in total. The Morgan fingerprint density at radius 2 is 2.12 bits per heavy atom. The van der Waals surface area contributed by atoms with E-state index in [2.05, 4.69) is 25.3 Å². The van der Waals surface area contributed by atoms with Gasteiger partial charge in [0.15, 0.2) is 0 Å². The highest BCUT2D eigenvalue weighted by Gasteiger charge is 2.21. The van der Waals surface area contributed by atoms with Crippen molar-refractivity contribution in [3.8, 4) is 5.88 Å². The van der Waals surface area contributed by atoms with E-state index in [0.717, 1.165) is 18.1 Å². The molecule has 1 unspecified atom stereocenters. The predicted octanol–water partition coefficient (Wildman–Crippen LogP) is 0.907. The van der Waals surface area contributed by atoms with Crippen LogP contribution in [0.1, 0.15) is 24.5 Å². The number of nitrogens with one attached hydrogen (secondary N) is 2. The lowest BCUT2D eigenvalue weighted by atomic mass is 10.2. The molecule has 0 fully saturated rings. The number of methoxy groups -OCH3 is 1. The fraction of sp³-hybridized carbons (Fsp3) is 0.364. The van der Waals surface area contributed by atoms with Gasteiger partial charge in [0.1, 0.15) is 17.6 Å². The second-order valence-electron chi connectivity index (χ2n) is 3.42. The van der Waals surface area contributed by atoms with E-state index in [1.54, 1.807) is 31.9 Å². The zero-order chi connectivity index (χ0) is 12.1. The average Bonchev–Trinajstić information content (AvgIpc) is 2.89. The monoisotopic (exact) mass is 233 g/mol. The van der Waals surface area contributed by atoms with Crippen LogP contribution in [0.15, 0.2) is 24.8 Å². The lowest BCUT2D eigenvalue weighted by molar-refractivity contribution is 0.382. The number of aromatic nitrogens is 4. The summed E-state index contributed by atoms with van der Waals surface area (Å²) in [5.41, 5.74) is 0.729. The Balaban J connectivity index is 2.39. The molecule has 17 heavy (non-hydrogen) atoms. The topological polar surface area (TPSA) is 75.7 Å². The molecule has 0 amide bonds. The summed E-state index contributed by atoms with van der Waals surface area (Å²) in [6.45, 7) is 2.82. The first-order valence-electron chi connectivity index (χ1n) is 5.44. The second kappa shape index (κ2) is 5.40. The number of hydrogen-bond acceptors (Lipinski definition) is 5. The van der Waals surface area contributed by atoms with Crippen molar-refractivity contribution >= 4 is 0 Å². The number of rotatable bonds is 5. The number of nitrogens with zero attached hydrogens (tertiary/aromatic N) is 3. The molecule has 0 bridgehead atoms. The molecular weight excluding hydrogens is 218 g/mol. The van der Waals surface area contributed by atoms with Crippen molar-refractivity contribution in [1.29, 1.82) is 0 Å². The summed E-state index contributed by atoms with van der Waals surface area (Å²) in [5, 5.41) is 3.30. The number of hydrogen-bond donors (Lipinski definition) is 2. The Hall–Kier alpha value is -1.95. The molecule has 1 atom stereocenters. The number of ether oxygens (including phenoxy) is 1.